The lowest BCUT2D eigenvalue weighted by Gasteiger charge is -2.37. The molecule has 0 saturated carbocycles. The molecule has 1 atom stereocenters. The molecule has 1 aliphatic rings. The van der Waals surface area contributed by atoms with Crippen molar-refractivity contribution in [3.8, 4) is 0 Å². The van der Waals surface area contributed by atoms with E-state index in [2.05, 4.69) is 30.0 Å². The van der Waals surface area contributed by atoms with Crippen molar-refractivity contribution in [3.63, 3.8) is 0 Å². The van der Waals surface area contributed by atoms with E-state index >= 15 is 0 Å². The van der Waals surface area contributed by atoms with E-state index in [1.165, 1.54) is 11.3 Å². The Morgan fingerprint density at radius 2 is 2.00 bits per heavy atom. The van der Waals surface area contributed by atoms with Crippen molar-refractivity contribution in [3.05, 3.63) is 58.6 Å². The molecule has 0 bridgehead atoms. The molecular weight excluding hydrogens is 270 g/mol. The predicted molar refractivity (Wildman–Crippen MR) is 83.2 cm³/mol. The molecule has 1 unspecified atom stereocenters. The number of hydrogen-bond donors (Lipinski definition) is 0. The zero-order chi connectivity index (χ0) is 14.1. The van der Waals surface area contributed by atoms with Crippen LogP contribution >= 0.6 is 11.6 Å². The number of aldehydes is 1. The fourth-order valence-corrected chi connectivity index (χ4v) is 3.05. The first-order valence-electron chi connectivity index (χ1n) is 6.82. The average molecular weight is 286 g/mol. The summed E-state index contributed by atoms with van der Waals surface area (Å²) in [6, 6.07) is 14.1. The van der Waals surface area contributed by atoms with Gasteiger partial charge in [0.25, 0.3) is 0 Å². The van der Waals surface area contributed by atoms with Crippen molar-refractivity contribution < 1.29 is 4.79 Å². The highest BCUT2D eigenvalue weighted by Crippen LogP contribution is 2.38. The number of nitrogens with zero attached hydrogens (tertiary/aromatic N) is 1. The molecule has 102 valence electrons. The van der Waals surface area contributed by atoms with Gasteiger partial charge in [-0.1, -0.05) is 29.8 Å². The monoisotopic (exact) mass is 285 g/mol. The standard InChI is InChI=1S/C17H16ClNO/c1-12-6-7-13-4-2-3-5-16(13)19(12)17-10-15(18)9-8-14(17)11-20/h2-5,8-12H,6-7H2,1H3. The Labute approximate surface area is 124 Å². The van der Waals surface area contributed by atoms with Crippen LogP contribution in [0.15, 0.2) is 42.5 Å². The van der Waals surface area contributed by atoms with Gasteiger partial charge in [-0.3, -0.25) is 4.79 Å². The number of aryl methyl sites for hydroxylation is 1. The van der Waals surface area contributed by atoms with Gasteiger partial charge in [0.2, 0.25) is 0 Å². The summed E-state index contributed by atoms with van der Waals surface area (Å²) in [5.41, 5.74) is 4.07. The SMILES string of the molecule is CC1CCc2ccccc2N1c1cc(Cl)ccc1C=O. The smallest absolute Gasteiger partial charge is 0.152 e. The fourth-order valence-electron chi connectivity index (χ4n) is 2.88. The summed E-state index contributed by atoms with van der Waals surface area (Å²) in [4.78, 5) is 13.6. The largest absolute Gasteiger partial charge is 0.338 e. The van der Waals surface area contributed by atoms with E-state index in [1.807, 2.05) is 12.1 Å². The van der Waals surface area contributed by atoms with E-state index in [0.717, 1.165) is 24.8 Å². The van der Waals surface area contributed by atoms with E-state index in [-0.39, 0.29) is 0 Å². The van der Waals surface area contributed by atoms with Crippen LogP contribution in [-0.4, -0.2) is 12.3 Å². The van der Waals surface area contributed by atoms with Crippen LogP contribution in [-0.2, 0) is 6.42 Å². The number of halogens is 1. The number of fused-ring (bicyclic) bond motifs is 1. The highest BCUT2D eigenvalue weighted by molar-refractivity contribution is 6.31. The van der Waals surface area contributed by atoms with Crippen LogP contribution in [0, 0.1) is 0 Å². The van der Waals surface area contributed by atoms with Gasteiger partial charge in [0, 0.05) is 22.3 Å². The van der Waals surface area contributed by atoms with E-state index in [0.29, 0.717) is 16.6 Å². The van der Waals surface area contributed by atoms with Crippen LogP contribution in [0.4, 0.5) is 11.4 Å². The van der Waals surface area contributed by atoms with Crippen molar-refractivity contribution in [2.45, 2.75) is 25.8 Å². The van der Waals surface area contributed by atoms with Crippen molar-refractivity contribution >= 4 is 29.3 Å². The van der Waals surface area contributed by atoms with Crippen LogP contribution < -0.4 is 4.90 Å². The minimum absolute atomic E-state index is 0.349. The lowest BCUT2D eigenvalue weighted by molar-refractivity contribution is 0.112. The summed E-state index contributed by atoms with van der Waals surface area (Å²) in [5, 5.41) is 0.654. The van der Waals surface area contributed by atoms with Gasteiger partial charge in [-0.25, -0.2) is 0 Å². The van der Waals surface area contributed by atoms with Crippen LogP contribution in [0.2, 0.25) is 5.02 Å². The highest BCUT2D eigenvalue weighted by atomic mass is 35.5. The molecule has 0 N–H and O–H groups in total. The summed E-state index contributed by atoms with van der Waals surface area (Å²) in [6.45, 7) is 2.19. The number of carbonyl (C=O) groups is 1. The van der Waals surface area contributed by atoms with E-state index in [9.17, 15) is 4.79 Å². The molecule has 0 amide bonds. The van der Waals surface area contributed by atoms with E-state index in [1.54, 1.807) is 12.1 Å². The first kappa shape index (κ1) is 13.2. The van der Waals surface area contributed by atoms with Crippen LogP contribution in [0.3, 0.4) is 0 Å². The number of rotatable bonds is 2. The Kier molecular flexibility index (Phi) is 3.49. The fraction of sp³-hybridized carbons (Fsp3) is 0.235. The summed E-state index contributed by atoms with van der Waals surface area (Å²) >= 11 is 6.13. The van der Waals surface area contributed by atoms with Gasteiger partial charge in [0.15, 0.2) is 6.29 Å². The molecule has 0 radical (unpaired) electrons. The summed E-state index contributed by atoms with van der Waals surface area (Å²) < 4.78 is 0. The van der Waals surface area contributed by atoms with Gasteiger partial charge >= 0.3 is 0 Å². The number of carbonyl (C=O) groups excluding carboxylic acids is 1. The molecule has 2 aromatic rings. The maximum atomic E-state index is 11.3. The van der Waals surface area contributed by atoms with Gasteiger partial charge < -0.3 is 4.90 Å². The maximum absolute atomic E-state index is 11.3. The zero-order valence-electron chi connectivity index (χ0n) is 11.3. The quantitative estimate of drug-likeness (QED) is 0.750. The second-order valence-corrected chi connectivity index (χ2v) is 5.64. The third-order valence-corrected chi connectivity index (χ3v) is 4.14. The average Bonchev–Trinajstić information content (AvgIpc) is 2.47. The lowest BCUT2D eigenvalue weighted by Crippen LogP contribution is -2.33. The van der Waals surface area contributed by atoms with Crippen LogP contribution in [0.25, 0.3) is 0 Å². The topological polar surface area (TPSA) is 20.3 Å². The molecular formula is C17H16ClNO. The normalized spacial score (nSPS) is 17.7. The van der Waals surface area contributed by atoms with Crippen LogP contribution in [0.5, 0.6) is 0 Å². The second-order valence-electron chi connectivity index (χ2n) is 5.21. The predicted octanol–water partition coefficient (Wildman–Crippen LogP) is 4.63. The minimum atomic E-state index is 0.349. The molecule has 2 nitrogen and oxygen atoms in total. The summed E-state index contributed by atoms with van der Waals surface area (Å²) in [5.74, 6) is 0. The number of benzene rings is 2. The van der Waals surface area contributed by atoms with Crippen molar-refractivity contribution in [2.75, 3.05) is 4.90 Å². The van der Waals surface area contributed by atoms with Crippen molar-refractivity contribution in [1.29, 1.82) is 0 Å². The molecule has 2 aromatic carbocycles. The summed E-state index contributed by atoms with van der Waals surface area (Å²) in [6.07, 6.45) is 3.04. The molecule has 0 aromatic heterocycles. The van der Waals surface area contributed by atoms with Crippen LogP contribution in [0.1, 0.15) is 29.3 Å². The maximum Gasteiger partial charge on any atom is 0.152 e. The Hall–Kier alpha value is -1.80. The van der Waals surface area contributed by atoms with E-state index in [4.69, 9.17) is 11.6 Å². The third kappa shape index (κ3) is 2.20. The van der Waals surface area contributed by atoms with Gasteiger partial charge in [-0.15, -0.1) is 0 Å². The van der Waals surface area contributed by atoms with Gasteiger partial charge in [0.1, 0.15) is 0 Å². The Balaban J connectivity index is 2.18. The molecule has 3 heteroatoms. The van der Waals surface area contributed by atoms with Crippen molar-refractivity contribution in [2.24, 2.45) is 0 Å². The molecule has 0 fully saturated rings. The number of hydrogen-bond acceptors (Lipinski definition) is 2. The Morgan fingerprint density at radius 1 is 1.20 bits per heavy atom. The first-order valence-corrected chi connectivity index (χ1v) is 7.20. The Bertz CT molecular complexity index is 653. The number of para-hydroxylation sites is 1. The van der Waals surface area contributed by atoms with Gasteiger partial charge in [0.05, 0.1) is 5.69 Å². The number of anilines is 2. The van der Waals surface area contributed by atoms with Gasteiger partial charge in [-0.05, 0) is 49.6 Å². The van der Waals surface area contributed by atoms with Crippen molar-refractivity contribution in [1.82, 2.24) is 0 Å². The Morgan fingerprint density at radius 3 is 2.80 bits per heavy atom. The second kappa shape index (κ2) is 5.29. The third-order valence-electron chi connectivity index (χ3n) is 3.90. The molecule has 3 rings (SSSR count). The summed E-state index contributed by atoms with van der Waals surface area (Å²) in [7, 11) is 0. The minimum Gasteiger partial charge on any atom is -0.338 e. The molecule has 1 heterocycles. The molecule has 0 aliphatic carbocycles. The zero-order valence-corrected chi connectivity index (χ0v) is 12.1. The molecule has 0 spiro atoms. The van der Waals surface area contributed by atoms with E-state index < -0.39 is 0 Å². The first-order chi connectivity index (χ1) is 9.70. The molecule has 20 heavy (non-hydrogen) atoms. The lowest BCUT2D eigenvalue weighted by atomic mass is 9.95. The highest BCUT2D eigenvalue weighted by Gasteiger charge is 2.25. The van der Waals surface area contributed by atoms with Gasteiger partial charge in [-0.2, -0.15) is 0 Å². The molecule has 1 aliphatic heterocycles. The molecule has 0 saturated heterocycles.